The van der Waals surface area contributed by atoms with Crippen LogP contribution in [0, 0.1) is 10.1 Å². The summed E-state index contributed by atoms with van der Waals surface area (Å²) in [4.78, 5) is 23.5. The predicted octanol–water partition coefficient (Wildman–Crippen LogP) is 4.80. The molecule has 0 heterocycles. The van der Waals surface area contributed by atoms with E-state index in [-0.39, 0.29) is 22.7 Å². The summed E-state index contributed by atoms with van der Waals surface area (Å²) in [5, 5.41) is 15.0. The summed E-state index contributed by atoms with van der Waals surface area (Å²) in [5.41, 5.74) is 0.110. The number of halogens is 2. The van der Waals surface area contributed by atoms with Gasteiger partial charge in [0.2, 0.25) is 0 Å². The Labute approximate surface area is 166 Å². The van der Waals surface area contributed by atoms with Crippen molar-refractivity contribution in [2.24, 2.45) is 0 Å². The number of carbonyl (C=O) groups is 1. The summed E-state index contributed by atoms with van der Waals surface area (Å²) in [6.45, 7) is 3.75. The van der Waals surface area contributed by atoms with Crippen LogP contribution < -0.4 is 14.8 Å². The van der Waals surface area contributed by atoms with Crippen LogP contribution >= 0.6 is 23.2 Å². The van der Waals surface area contributed by atoms with Crippen LogP contribution in [0.5, 0.6) is 11.5 Å². The molecule has 0 aliphatic carbocycles. The lowest BCUT2D eigenvalue weighted by Gasteiger charge is -2.17. The monoisotopic (exact) mass is 412 g/mol. The number of nitro benzene ring substituents is 1. The number of rotatable bonds is 7. The summed E-state index contributed by atoms with van der Waals surface area (Å²) < 4.78 is 10.5. The van der Waals surface area contributed by atoms with Crippen molar-refractivity contribution in [3.63, 3.8) is 0 Å². The Morgan fingerprint density at radius 3 is 2.52 bits per heavy atom. The van der Waals surface area contributed by atoms with Crippen LogP contribution in [0.4, 0.5) is 5.69 Å². The quantitative estimate of drug-likeness (QED) is 0.520. The molecule has 1 unspecified atom stereocenters. The summed E-state index contributed by atoms with van der Waals surface area (Å²) in [7, 11) is 1.39. The highest BCUT2D eigenvalue weighted by atomic mass is 35.5. The molecule has 27 heavy (non-hydrogen) atoms. The van der Waals surface area contributed by atoms with Crippen molar-refractivity contribution in [3.8, 4) is 11.5 Å². The van der Waals surface area contributed by atoms with Gasteiger partial charge in [-0.25, -0.2) is 0 Å². The predicted molar refractivity (Wildman–Crippen MR) is 103 cm³/mol. The lowest BCUT2D eigenvalue weighted by atomic mass is 10.1. The van der Waals surface area contributed by atoms with Crippen LogP contribution in [0.3, 0.4) is 0 Å². The van der Waals surface area contributed by atoms with Crippen LogP contribution in [0.15, 0.2) is 30.3 Å². The first-order valence-electron chi connectivity index (χ1n) is 8.03. The third kappa shape index (κ3) is 4.81. The third-order valence-electron chi connectivity index (χ3n) is 3.80. The Kier molecular flexibility index (Phi) is 6.87. The second-order valence-electron chi connectivity index (χ2n) is 5.57. The van der Waals surface area contributed by atoms with Crippen LogP contribution in [-0.2, 0) is 0 Å². The van der Waals surface area contributed by atoms with E-state index >= 15 is 0 Å². The van der Waals surface area contributed by atoms with E-state index in [0.717, 1.165) is 0 Å². The van der Waals surface area contributed by atoms with Crippen molar-refractivity contribution in [3.05, 3.63) is 61.6 Å². The number of amides is 1. The third-order valence-corrected chi connectivity index (χ3v) is 4.36. The second-order valence-corrected chi connectivity index (χ2v) is 6.41. The molecule has 2 aromatic carbocycles. The largest absolute Gasteiger partial charge is 0.493 e. The molecule has 1 atom stereocenters. The normalized spacial score (nSPS) is 11.6. The Bertz CT molecular complexity index is 873. The molecule has 0 aliphatic rings. The smallest absolute Gasteiger partial charge is 0.286 e. The maximum absolute atomic E-state index is 12.7. The van der Waals surface area contributed by atoms with E-state index in [2.05, 4.69) is 5.32 Å². The van der Waals surface area contributed by atoms with Gasteiger partial charge in [0.05, 0.1) is 30.7 Å². The molecule has 1 N–H and O–H groups in total. The number of nitro groups is 1. The Hall–Kier alpha value is -2.51. The van der Waals surface area contributed by atoms with Crippen LogP contribution in [-0.4, -0.2) is 24.5 Å². The van der Waals surface area contributed by atoms with Crippen molar-refractivity contribution < 1.29 is 19.2 Å². The minimum atomic E-state index is -0.642. The molecule has 0 saturated carbocycles. The van der Waals surface area contributed by atoms with Gasteiger partial charge in [0.25, 0.3) is 11.6 Å². The Morgan fingerprint density at radius 1 is 1.26 bits per heavy atom. The van der Waals surface area contributed by atoms with Crippen molar-refractivity contribution >= 4 is 34.8 Å². The molecule has 0 fully saturated rings. The summed E-state index contributed by atoms with van der Waals surface area (Å²) in [6.07, 6.45) is 0. The summed E-state index contributed by atoms with van der Waals surface area (Å²) in [5.74, 6) is -0.219. The zero-order valence-corrected chi connectivity index (χ0v) is 16.4. The molecule has 2 rings (SSSR count). The molecule has 144 valence electrons. The van der Waals surface area contributed by atoms with E-state index in [1.807, 2.05) is 0 Å². The van der Waals surface area contributed by atoms with Gasteiger partial charge >= 0.3 is 0 Å². The molecule has 0 radical (unpaired) electrons. The van der Waals surface area contributed by atoms with Crippen LogP contribution in [0.1, 0.15) is 35.8 Å². The van der Waals surface area contributed by atoms with Crippen molar-refractivity contribution in [1.82, 2.24) is 5.32 Å². The highest BCUT2D eigenvalue weighted by Gasteiger charge is 2.26. The second kappa shape index (κ2) is 8.92. The van der Waals surface area contributed by atoms with Crippen LogP contribution in [0.25, 0.3) is 0 Å². The number of hydrogen-bond donors (Lipinski definition) is 1. The highest BCUT2D eigenvalue weighted by molar-refractivity contribution is 6.35. The van der Waals surface area contributed by atoms with Gasteiger partial charge in [-0.15, -0.1) is 0 Å². The van der Waals surface area contributed by atoms with Crippen LogP contribution in [0.2, 0.25) is 10.0 Å². The fraction of sp³-hybridized carbons (Fsp3) is 0.278. The van der Waals surface area contributed by atoms with Crippen molar-refractivity contribution in [2.45, 2.75) is 19.9 Å². The molecule has 7 nitrogen and oxygen atoms in total. The van der Waals surface area contributed by atoms with Gasteiger partial charge in [-0.3, -0.25) is 14.9 Å². The molecule has 0 bridgehead atoms. The van der Waals surface area contributed by atoms with E-state index in [9.17, 15) is 14.9 Å². The summed E-state index contributed by atoms with van der Waals surface area (Å²) >= 11 is 12.0. The lowest BCUT2D eigenvalue weighted by molar-refractivity contribution is -0.385. The number of nitrogens with zero attached hydrogens (tertiary/aromatic N) is 1. The zero-order valence-electron chi connectivity index (χ0n) is 14.9. The number of nitrogens with one attached hydrogen (secondary N) is 1. The van der Waals surface area contributed by atoms with E-state index in [1.54, 1.807) is 32.0 Å². The minimum absolute atomic E-state index is 0.141. The molecule has 0 spiro atoms. The molecular formula is C18H18Cl2N2O5. The molecule has 9 heteroatoms. The van der Waals surface area contributed by atoms with E-state index in [0.29, 0.717) is 22.2 Å². The van der Waals surface area contributed by atoms with Gasteiger partial charge in [-0.05, 0) is 31.5 Å². The fourth-order valence-electron chi connectivity index (χ4n) is 2.51. The SMILES string of the molecule is CCOc1cc([N+](=O)[O-])c(C(=O)NC(C)c2ccc(Cl)cc2Cl)cc1OC. The molecule has 1 amide bonds. The Morgan fingerprint density at radius 2 is 1.96 bits per heavy atom. The molecular weight excluding hydrogens is 395 g/mol. The zero-order chi connectivity index (χ0) is 20.1. The van der Waals surface area contributed by atoms with Gasteiger partial charge < -0.3 is 14.8 Å². The molecule has 2 aromatic rings. The highest BCUT2D eigenvalue weighted by Crippen LogP contribution is 2.35. The summed E-state index contributed by atoms with van der Waals surface area (Å²) in [6, 6.07) is 6.85. The first-order chi connectivity index (χ1) is 12.8. The van der Waals surface area contributed by atoms with E-state index < -0.39 is 16.9 Å². The van der Waals surface area contributed by atoms with E-state index in [4.69, 9.17) is 32.7 Å². The molecule has 0 saturated heterocycles. The van der Waals surface area contributed by atoms with Gasteiger partial charge in [0.15, 0.2) is 11.5 Å². The van der Waals surface area contributed by atoms with Gasteiger partial charge in [0.1, 0.15) is 5.56 Å². The van der Waals surface area contributed by atoms with Gasteiger partial charge in [0, 0.05) is 16.1 Å². The Balaban J connectivity index is 2.37. The topological polar surface area (TPSA) is 90.7 Å². The average molecular weight is 413 g/mol. The fourth-order valence-corrected chi connectivity index (χ4v) is 3.09. The van der Waals surface area contributed by atoms with Gasteiger partial charge in [-0.2, -0.15) is 0 Å². The molecule has 0 aromatic heterocycles. The standard InChI is InChI=1S/C18H18Cl2N2O5/c1-4-27-17-9-15(22(24)25)13(8-16(17)26-3)18(23)21-10(2)12-6-5-11(19)7-14(12)20/h5-10H,4H2,1-3H3,(H,21,23). The first kappa shape index (κ1) is 20.8. The maximum Gasteiger partial charge on any atom is 0.286 e. The average Bonchev–Trinajstić information content (AvgIpc) is 2.61. The maximum atomic E-state index is 12.7. The number of carbonyl (C=O) groups excluding carboxylic acids is 1. The number of hydrogen-bond acceptors (Lipinski definition) is 5. The lowest BCUT2D eigenvalue weighted by Crippen LogP contribution is -2.27. The van der Waals surface area contributed by atoms with E-state index in [1.165, 1.54) is 19.2 Å². The number of benzene rings is 2. The number of methoxy groups -OCH3 is 1. The minimum Gasteiger partial charge on any atom is -0.493 e. The molecule has 0 aliphatic heterocycles. The number of ether oxygens (including phenoxy) is 2. The first-order valence-corrected chi connectivity index (χ1v) is 8.79. The van der Waals surface area contributed by atoms with Crippen molar-refractivity contribution in [2.75, 3.05) is 13.7 Å². The van der Waals surface area contributed by atoms with Crippen molar-refractivity contribution in [1.29, 1.82) is 0 Å². The van der Waals surface area contributed by atoms with Gasteiger partial charge in [-0.1, -0.05) is 29.3 Å².